The first-order valence-electron chi connectivity index (χ1n) is 14.1. The highest BCUT2D eigenvalue weighted by atomic mass is 19.3. The van der Waals surface area contributed by atoms with Gasteiger partial charge < -0.3 is 24.8 Å². The molecule has 2 N–H and O–H groups in total. The molecule has 234 valence electrons. The van der Waals surface area contributed by atoms with E-state index in [4.69, 9.17) is 4.74 Å². The average molecular weight is 624 g/mol. The van der Waals surface area contributed by atoms with Gasteiger partial charge >= 0.3 is 12.3 Å². The van der Waals surface area contributed by atoms with Gasteiger partial charge in [-0.2, -0.15) is 5.10 Å². The summed E-state index contributed by atoms with van der Waals surface area (Å²) in [6.07, 6.45) is -1.74. The number of rotatable bonds is 6. The van der Waals surface area contributed by atoms with Gasteiger partial charge in [-0.25, -0.2) is 18.7 Å². The van der Waals surface area contributed by atoms with Crippen molar-refractivity contribution in [3.8, 4) is 11.5 Å². The molecule has 1 aliphatic carbocycles. The van der Waals surface area contributed by atoms with E-state index in [-0.39, 0.29) is 35.1 Å². The second kappa shape index (κ2) is 10.8. The molecule has 6 rings (SSSR count). The van der Waals surface area contributed by atoms with Crippen LogP contribution >= 0.6 is 0 Å². The molecule has 0 unspecified atom stereocenters. The van der Waals surface area contributed by atoms with E-state index in [0.29, 0.717) is 24.0 Å². The van der Waals surface area contributed by atoms with Crippen molar-refractivity contribution in [3.05, 3.63) is 87.6 Å². The maximum atomic E-state index is 14.6. The highest BCUT2D eigenvalue weighted by molar-refractivity contribution is 5.98. The number of ether oxygens (including phenoxy) is 3. The van der Waals surface area contributed by atoms with Crippen molar-refractivity contribution >= 4 is 23.4 Å². The summed E-state index contributed by atoms with van der Waals surface area (Å²) >= 11 is 0. The van der Waals surface area contributed by atoms with Crippen LogP contribution in [0.25, 0.3) is 5.65 Å². The number of carbonyl (C=O) groups excluding carboxylic acids is 3. The molecule has 2 aromatic heterocycles. The number of fused-ring (bicyclic) bond motifs is 3. The van der Waals surface area contributed by atoms with Crippen LogP contribution in [-0.2, 0) is 17.7 Å². The molecule has 0 radical (unpaired) electrons. The molecule has 2 amide bonds. The molecule has 2 aliphatic rings. The molecule has 14 heteroatoms. The highest BCUT2D eigenvalue weighted by Gasteiger charge is 2.43. The number of hydrogen-bond donors (Lipinski definition) is 2. The van der Waals surface area contributed by atoms with E-state index >= 15 is 0 Å². The zero-order valence-corrected chi connectivity index (χ0v) is 24.7. The Balaban J connectivity index is 1.21. The summed E-state index contributed by atoms with van der Waals surface area (Å²) in [6, 6.07) is 8.27. The van der Waals surface area contributed by atoms with Gasteiger partial charge in [0.25, 0.3) is 11.8 Å². The summed E-state index contributed by atoms with van der Waals surface area (Å²) in [5.41, 5.74) is 2.04. The second-order valence-corrected chi connectivity index (χ2v) is 11.8. The summed E-state index contributed by atoms with van der Waals surface area (Å²) in [7, 11) is 0. The molecule has 0 fully saturated rings. The van der Waals surface area contributed by atoms with Gasteiger partial charge in [-0.1, -0.05) is 12.1 Å². The number of aromatic nitrogens is 3. The lowest BCUT2D eigenvalue weighted by atomic mass is 9.97. The molecule has 1 atom stereocenters. The van der Waals surface area contributed by atoms with Crippen molar-refractivity contribution in [2.45, 2.75) is 65.0 Å². The van der Waals surface area contributed by atoms with Crippen molar-refractivity contribution in [1.29, 1.82) is 0 Å². The number of nitrogens with zero attached hydrogens (tertiary/aromatic N) is 3. The quantitative estimate of drug-likeness (QED) is 0.293. The van der Waals surface area contributed by atoms with Crippen LogP contribution in [0.15, 0.2) is 42.6 Å². The van der Waals surface area contributed by atoms with E-state index in [1.165, 1.54) is 24.3 Å². The predicted octanol–water partition coefficient (Wildman–Crippen LogP) is 4.80. The van der Waals surface area contributed by atoms with E-state index in [1.54, 1.807) is 32.9 Å². The van der Waals surface area contributed by atoms with Gasteiger partial charge in [0.2, 0.25) is 0 Å². The van der Waals surface area contributed by atoms with Crippen molar-refractivity contribution in [2.24, 2.45) is 0 Å². The minimum atomic E-state index is -3.78. The van der Waals surface area contributed by atoms with Crippen molar-refractivity contribution in [2.75, 3.05) is 0 Å². The Bertz CT molecular complexity index is 1880. The lowest BCUT2D eigenvalue weighted by Crippen LogP contribution is -2.31. The third-order valence-electron chi connectivity index (χ3n) is 7.43. The normalized spacial score (nSPS) is 16.4. The maximum Gasteiger partial charge on any atom is 0.586 e. The zero-order valence-electron chi connectivity index (χ0n) is 24.7. The SMILES string of the molecule is Cc1c(C(=O)OC(C)(C)C)ccc2c1CC[C@@H]2NC(=O)c1cc(C(=O)NCc2ccc3c(c2)OC(F)(F)O3)nc2c(F)cnn12. The van der Waals surface area contributed by atoms with E-state index in [9.17, 15) is 27.6 Å². The standard InChI is InChI=1S/C31H28F3N5O6/c1-15-17-8-9-21(19(17)7-6-18(15)29(42)45-30(2,3)4)38-28(41)23-12-22(37-26-20(32)14-36-39(23)26)27(40)35-13-16-5-10-24-25(11-16)44-31(33,34)43-24/h5-7,10-12,14,21H,8-9,13H2,1-4H3,(H,35,40)(H,38,41)/t21-/m0/s1. The largest absolute Gasteiger partial charge is 0.586 e. The van der Waals surface area contributed by atoms with Crippen LogP contribution in [0.1, 0.15) is 86.8 Å². The molecule has 1 aliphatic heterocycles. The number of amides is 2. The summed E-state index contributed by atoms with van der Waals surface area (Å²) in [4.78, 5) is 43.4. The van der Waals surface area contributed by atoms with Crippen LogP contribution in [0.2, 0.25) is 0 Å². The van der Waals surface area contributed by atoms with Gasteiger partial charge in [-0.3, -0.25) is 9.59 Å². The molecular weight excluding hydrogens is 595 g/mol. The van der Waals surface area contributed by atoms with E-state index in [0.717, 1.165) is 27.4 Å². The van der Waals surface area contributed by atoms with E-state index in [1.807, 2.05) is 6.92 Å². The van der Waals surface area contributed by atoms with Crippen molar-refractivity contribution < 1.29 is 41.8 Å². The Kier molecular flexibility index (Phi) is 7.17. The third-order valence-corrected chi connectivity index (χ3v) is 7.43. The van der Waals surface area contributed by atoms with Gasteiger partial charge in [0.15, 0.2) is 23.0 Å². The van der Waals surface area contributed by atoms with Crippen LogP contribution in [0.3, 0.4) is 0 Å². The molecule has 11 nitrogen and oxygen atoms in total. The van der Waals surface area contributed by atoms with Crippen LogP contribution < -0.4 is 20.1 Å². The molecule has 0 spiro atoms. The predicted molar refractivity (Wildman–Crippen MR) is 152 cm³/mol. The molecule has 0 saturated heterocycles. The maximum absolute atomic E-state index is 14.6. The fraction of sp³-hybridized carbons (Fsp3) is 0.323. The lowest BCUT2D eigenvalue weighted by molar-refractivity contribution is -0.286. The number of benzene rings is 2. The second-order valence-electron chi connectivity index (χ2n) is 11.8. The number of carbonyl (C=O) groups is 3. The monoisotopic (exact) mass is 623 g/mol. The number of halogens is 3. The molecule has 4 aromatic rings. The summed E-state index contributed by atoms with van der Waals surface area (Å²) in [5.74, 6) is -2.96. The van der Waals surface area contributed by atoms with E-state index < -0.39 is 41.5 Å². The van der Waals surface area contributed by atoms with Crippen LogP contribution in [0, 0.1) is 12.7 Å². The third kappa shape index (κ3) is 5.87. The zero-order chi connectivity index (χ0) is 32.3. The number of alkyl halides is 2. The Morgan fingerprint density at radius 3 is 2.60 bits per heavy atom. The molecule has 0 bridgehead atoms. The summed E-state index contributed by atoms with van der Waals surface area (Å²) in [5, 5.41) is 9.44. The van der Waals surface area contributed by atoms with Crippen LogP contribution in [0.5, 0.6) is 11.5 Å². The molecule has 3 heterocycles. The average Bonchev–Trinajstić information content (AvgIpc) is 3.64. The summed E-state index contributed by atoms with van der Waals surface area (Å²) in [6.45, 7) is 7.11. The van der Waals surface area contributed by atoms with Crippen LogP contribution in [-0.4, -0.2) is 44.3 Å². The van der Waals surface area contributed by atoms with Gasteiger partial charge in [-0.05, 0) is 81.0 Å². The Labute approximate surface area is 254 Å². The Morgan fingerprint density at radius 1 is 1.09 bits per heavy atom. The lowest BCUT2D eigenvalue weighted by Gasteiger charge is -2.21. The smallest absolute Gasteiger partial charge is 0.456 e. The van der Waals surface area contributed by atoms with Gasteiger partial charge in [0.1, 0.15) is 17.0 Å². The number of nitrogens with one attached hydrogen (secondary N) is 2. The van der Waals surface area contributed by atoms with Crippen LogP contribution in [0.4, 0.5) is 13.2 Å². The van der Waals surface area contributed by atoms with Gasteiger partial charge in [0, 0.05) is 12.6 Å². The first-order valence-corrected chi connectivity index (χ1v) is 14.1. The van der Waals surface area contributed by atoms with Crippen molar-refractivity contribution in [3.63, 3.8) is 0 Å². The fourth-order valence-corrected chi connectivity index (χ4v) is 5.41. The van der Waals surface area contributed by atoms with Gasteiger partial charge in [0.05, 0.1) is 17.8 Å². The molecule has 2 aromatic carbocycles. The van der Waals surface area contributed by atoms with Crippen molar-refractivity contribution in [1.82, 2.24) is 25.2 Å². The summed E-state index contributed by atoms with van der Waals surface area (Å²) < 4.78 is 56.6. The molecule has 0 saturated carbocycles. The first kappa shape index (κ1) is 29.9. The number of hydrogen-bond acceptors (Lipinski definition) is 8. The highest BCUT2D eigenvalue weighted by Crippen LogP contribution is 2.41. The Morgan fingerprint density at radius 2 is 1.84 bits per heavy atom. The topological polar surface area (TPSA) is 133 Å². The molecule has 45 heavy (non-hydrogen) atoms. The molecular formula is C31H28F3N5O6. The minimum Gasteiger partial charge on any atom is -0.456 e. The van der Waals surface area contributed by atoms with E-state index in [2.05, 4.69) is 30.2 Å². The minimum absolute atomic E-state index is 0.110. The first-order chi connectivity index (χ1) is 21.2. The fourth-order valence-electron chi connectivity index (χ4n) is 5.41. The van der Waals surface area contributed by atoms with Gasteiger partial charge in [-0.15, -0.1) is 8.78 Å². The number of esters is 1. The Hall–Kier alpha value is -5.14.